The molecule has 1 nitrogen and oxygen atoms in total. The van der Waals surface area contributed by atoms with Gasteiger partial charge < -0.3 is 4.98 Å². The number of benzene rings is 5. The first kappa shape index (κ1) is 29.6. The quantitative estimate of drug-likeness (QED) is 0.162. The van der Waals surface area contributed by atoms with Crippen molar-refractivity contribution >= 4 is 10.8 Å². The van der Waals surface area contributed by atoms with Crippen molar-refractivity contribution in [2.45, 2.75) is 45.4 Å². The topological polar surface area (TPSA) is 12.9 Å². The van der Waals surface area contributed by atoms with Crippen LogP contribution in [-0.2, 0) is 30.9 Å². The SMILES string of the molecule is CC(C)(C)c1ccnc(-c2[c-]cc3c(c2)C(C)(C)c2c-3ccc3ccccc23)c1.[Ir+3].[c-]1ccccc1-c1[c-]cccc1. The second kappa shape index (κ2) is 11.8. The van der Waals surface area contributed by atoms with Crippen molar-refractivity contribution in [3.63, 3.8) is 0 Å². The second-order valence-corrected chi connectivity index (χ2v) is 12.2. The molecule has 1 heterocycles. The van der Waals surface area contributed by atoms with E-state index < -0.39 is 0 Å². The average molecular weight is 721 g/mol. The molecular weight excluding hydrogens is 687 g/mol. The molecule has 1 aromatic heterocycles. The molecule has 0 N–H and O–H groups in total. The van der Waals surface area contributed by atoms with E-state index in [0.717, 1.165) is 22.4 Å². The van der Waals surface area contributed by atoms with Gasteiger partial charge in [0.1, 0.15) is 0 Å². The zero-order valence-electron chi connectivity index (χ0n) is 24.8. The van der Waals surface area contributed by atoms with Crippen molar-refractivity contribution in [3.8, 4) is 33.5 Å². The maximum atomic E-state index is 4.66. The van der Waals surface area contributed by atoms with E-state index in [1.54, 1.807) is 0 Å². The van der Waals surface area contributed by atoms with Gasteiger partial charge in [0.25, 0.3) is 0 Å². The predicted octanol–water partition coefficient (Wildman–Crippen LogP) is 10.3. The van der Waals surface area contributed by atoms with Crippen LogP contribution in [0.1, 0.15) is 51.3 Å². The standard InChI is InChI=1S/C28H26N.C12H8.Ir/c1-27(2,3)20-14-15-29-25(17-20)19-11-12-22-23-13-10-18-8-6-7-9-21(18)26(23)28(4,5)24(22)16-19;1-3-7-11(8-4-1)12-9-5-2-6-10-12;/h6-10,12-17H,1-5H3;1-7,9H;/q-1;-2;+3. The van der Waals surface area contributed by atoms with E-state index >= 15 is 0 Å². The number of aromatic nitrogens is 1. The third-order valence-corrected chi connectivity index (χ3v) is 8.08. The summed E-state index contributed by atoms with van der Waals surface area (Å²) < 4.78 is 0. The Kier molecular flexibility index (Phi) is 8.33. The summed E-state index contributed by atoms with van der Waals surface area (Å²) in [5, 5.41) is 2.65. The Balaban J connectivity index is 0.000000228. The first-order valence-corrected chi connectivity index (χ1v) is 14.2. The van der Waals surface area contributed by atoms with E-state index in [2.05, 4.69) is 118 Å². The Bertz CT molecular complexity index is 1790. The zero-order valence-corrected chi connectivity index (χ0v) is 27.1. The largest absolute Gasteiger partial charge is 3.00 e. The molecule has 5 aromatic carbocycles. The Labute approximate surface area is 264 Å². The molecule has 0 radical (unpaired) electrons. The smallest absolute Gasteiger partial charge is 0.305 e. The van der Waals surface area contributed by atoms with Gasteiger partial charge in [-0.25, -0.2) is 11.1 Å². The fraction of sp³-hybridized carbons (Fsp3) is 0.175. The molecule has 1 aliphatic rings. The second-order valence-electron chi connectivity index (χ2n) is 12.2. The van der Waals surface area contributed by atoms with E-state index in [4.69, 9.17) is 0 Å². The van der Waals surface area contributed by atoms with Crippen LogP contribution in [0, 0.1) is 18.2 Å². The first-order valence-electron chi connectivity index (χ1n) is 14.2. The molecule has 0 saturated carbocycles. The van der Waals surface area contributed by atoms with Gasteiger partial charge in [-0.1, -0.05) is 88.2 Å². The van der Waals surface area contributed by atoms with Crippen LogP contribution in [-0.4, -0.2) is 4.98 Å². The summed E-state index contributed by atoms with van der Waals surface area (Å²) in [4.78, 5) is 4.66. The molecule has 208 valence electrons. The van der Waals surface area contributed by atoms with Crippen LogP contribution < -0.4 is 0 Å². The summed E-state index contributed by atoms with van der Waals surface area (Å²) in [6.07, 6.45) is 1.92. The molecule has 1 aliphatic carbocycles. The fourth-order valence-electron chi connectivity index (χ4n) is 5.85. The number of hydrogen-bond acceptors (Lipinski definition) is 1. The number of pyridine rings is 1. The van der Waals surface area contributed by atoms with Crippen LogP contribution in [0.2, 0.25) is 0 Å². The van der Waals surface area contributed by atoms with Gasteiger partial charge in [0, 0.05) is 6.20 Å². The Morgan fingerprint density at radius 2 is 1.33 bits per heavy atom. The minimum Gasteiger partial charge on any atom is -0.305 e. The van der Waals surface area contributed by atoms with Gasteiger partial charge >= 0.3 is 20.1 Å². The van der Waals surface area contributed by atoms with E-state index in [9.17, 15) is 0 Å². The fourth-order valence-corrected chi connectivity index (χ4v) is 5.85. The van der Waals surface area contributed by atoms with Crippen LogP contribution in [0.4, 0.5) is 0 Å². The van der Waals surface area contributed by atoms with E-state index in [-0.39, 0.29) is 30.9 Å². The minimum atomic E-state index is -0.0585. The van der Waals surface area contributed by atoms with Gasteiger partial charge in [-0.2, -0.15) is 48.5 Å². The first-order chi connectivity index (χ1) is 19.7. The summed E-state index contributed by atoms with van der Waals surface area (Å²) in [5.41, 5.74) is 11.0. The van der Waals surface area contributed by atoms with Gasteiger partial charge in [-0.15, -0.1) is 41.5 Å². The molecule has 0 spiro atoms. The average Bonchev–Trinajstić information content (AvgIpc) is 3.24. The van der Waals surface area contributed by atoms with Gasteiger partial charge in [0.2, 0.25) is 0 Å². The number of nitrogens with zero attached hydrogens (tertiary/aromatic N) is 1. The third-order valence-electron chi connectivity index (χ3n) is 8.08. The van der Waals surface area contributed by atoms with Gasteiger partial charge in [-0.3, -0.25) is 0 Å². The molecule has 0 fully saturated rings. The molecule has 0 unspecified atom stereocenters. The van der Waals surface area contributed by atoms with Crippen LogP contribution >= 0.6 is 0 Å². The van der Waals surface area contributed by atoms with Crippen molar-refractivity contribution in [1.82, 2.24) is 4.98 Å². The van der Waals surface area contributed by atoms with Crippen molar-refractivity contribution in [3.05, 3.63) is 150 Å². The van der Waals surface area contributed by atoms with Crippen LogP contribution in [0.5, 0.6) is 0 Å². The summed E-state index contributed by atoms with van der Waals surface area (Å²) in [7, 11) is 0. The Morgan fingerprint density at radius 1 is 0.667 bits per heavy atom. The molecule has 42 heavy (non-hydrogen) atoms. The van der Waals surface area contributed by atoms with Crippen LogP contribution in [0.15, 0.2) is 115 Å². The number of hydrogen-bond donors (Lipinski definition) is 0. The summed E-state index contributed by atoms with van der Waals surface area (Å²) in [6.45, 7) is 11.4. The molecular formula is C40H34IrN. The normalized spacial score (nSPS) is 12.9. The number of fused-ring (bicyclic) bond motifs is 5. The van der Waals surface area contributed by atoms with Crippen molar-refractivity contribution in [2.24, 2.45) is 0 Å². The third kappa shape index (κ3) is 5.62. The molecule has 0 aliphatic heterocycles. The molecule has 2 heteroatoms. The molecule has 0 saturated heterocycles. The van der Waals surface area contributed by atoms with Crippen molar-refractivity contribution in [1.29, 1.82) is 0 Å². The molecule has 6 aromatic rings. The van der Waals surface area contributed by atoms with Crippen LogP contribution in [0.25, 0.3) is 44.3 Å². The number of rotatable bonds is 2. The summed E-state index contributed by atoms with van der Waals surface area (Å²) in [6, 6.07) is 47.7. The van der Waals surface area contributed by atoms with Crippen molar-refractivity contribution in [2.75, 3.05) is 0 Å². The Hall–Kier alpha value is -3.84. The van der Waals surface area contributed by atoms with E-state index in [1.807, 2.05) is 54.7 Å². The monoisotopic (exact) mass is 721 g/mol. The summed E-state index contributed by atoms with van der Waals surface area (Å²) >= 11 is 0. The van der Waals surface area contributed by atoms with E-state index in [1.165, 1.54) is 38.6 Å². The zero-order chi connectivity index (χ0) is 28.6. The molecule has 0 amide bonds. The molecule has 0 atom stereocenters. The maximum Gasteiger partial charge on any atom is 3.00 e. The van der Waals surface area contributed by atoms with Gasteiger partial charge in [0.05, 0.1) is 0 Å². The predicted molar refractivity (Wildman–Crippen MR) is 172 cm³/mol. The molecule has 7 rings (SSSR count). The van der Waals surface area contributed by atoms with Gasteiger partial charge in [0.15, 0.2) is 0 Å². The van der Waals surface area contributed by atoms with E-state index in [0.29, 0.717) is 0 Å². The maximum absolute atomic E-state index is 4.66. The molecule has 0 bridgehead atoms. The van der Waals surface area contributed by atoms with Crippen molar-refractivity contribution < 1.29 is 20.1 Å². The van der Waals surface area contributed by atoms with Crippen LogP contribution in [0.3, 0.4) is 0 Å². The Morgan fingerprint density at radius 3 is 1.98 bits per heavy atom. The summed E-state index contributed by atoms with van der Waals surface area (Å²) in [5.74, 6) is 0. The van der Waals surface area contributed by atoms with Gasteiger partial charge in [-0.05, 0) is 44.5 Å². The minimum absolute atomic E-state index is 0.